The van der Waals surface area contributed by atoms with Crippen molar-refractivity contribution < 1.29 is 35.6 Å². The Kier molecular flexibility index (Phi) is 22.7. The maximum absolute atomic E-state index is 7.58. The summed E-state index contributed by atoms with van der Waals surface area (Å²) in [5.41, 5.74) is 35.6. The molecule has 0 bridgehead atoms. The van der Waals surface area contributed by atoms with Crippen molar-refractivity contribution in [1.29, 1.82) is 0 Å². The van der Waals surface area contributed by atoms with E-state index in [0.29, 0.717) is 11.3 Å². The second kappa shape index (κ2) is 33.6. The molecule has 0 fully saturated rings. The zero-order chi connectivity index (χ0) is 75.2. The lowest BCUT2D eigenvalue weighted by Gasteiger charge is -2.08. The molecule has 0 aliphatic heterocycles. The van der Waals surface area contributed by atoms with Crippen molar-refractivity contribution in [1.82, 2.24) is 0 Å². The van der Waals surface area contributed by atoms with E-state index >= 15 is 0 Å². The van der Waals surface area contributed by atoms with Gasteiger partial charge < -0.3 is 0 Å². The number of hydrogen-bond acceptors (Lipinski definition) is 0. The lowest BCUT2D eigenvalue weighted by molar-refractivity contribution is -0.666. The molecule has 6 aromatic heterocycles. The summed E-state index contributed by atoms with van der Waals surface area (Å²) in [5, 5.41) is 0. The molecule has 0 spiro atoms. The number of benzene rings is 6. The molecule has 6 aromatic carbocycles. The quantitative estimate of drug-likeness (QED) is 0.148. The SMILES string of the molecule is Cc1ccc(-c2cccc(C)[n+]2C)c(C)c1.Cc1ccc(C)c(-c2cccc(C)[n+]2C)c1.Cc1ccc(C)c(-c2cccc(C)[n+]2C)c1.Cc1cccc(C)c1-c1cccc(C)[n+]1C.[2H]C([2H])([2H])c1ccc(-c2cccc(C)[n+]2C)c(C)c1.[2H]C([2H])([2H])c1cccc(-c2cccc(C)c2C)[n+]1C. The van der Waals surface area contributed by atoms with Crippen molar-refractivity contribution in [2.75, 3.05) is 0 Å². The van der Waals surface area contributed by atoms with Gasteiger partial charge in [-0.1, -0.05) is 101 Å². The topological polar surface area (TPSA) is 23.3 Å². The molecule has 0 radical (unpaired) electrons. The van der Waals surface area contributed by atoms with Crippen LogP contribution in [0.1, 0.15) is 109 Å². The third-order valence-corrected chi connectivity index (χ3v) is 18.8. The van der Waals surface area contributed by atoms with E-state index in [4.69, 9.17) is 8.22 Å². The average molecular weight is 1280 g/mol. The normalized spacial score (nSPS) is 11.7. The van der Waals surface area contributed by atoms with Gasteiger partial charge in [0.2, 0.25) is 34.2 Å². The van der Waals surface area contributed by atoms with Gasteiger partial charge in [-0.15, -0.1) is 0 Å². The first kappa shape index (κ1) is 64.9. The fraction of sp³-hybridized carbons (Fsp3) is 0.267. The monoisotopic (exact) mass is 1280 g/mol. The molecule has 12 aromatic rings. The third-order valence-electron chi connectivity index (χ3n) is 18.8. The first-order valence-corrected chi connectivity index (χ1v) is 33.3. The van der Waals surface area contributed by atoms with Crippen LogP contribution in [-0.4, -0.2) is 0 Å². The van der Waals surface area contributed by atoms with Crippen molar-refractivity contribution in [3.8, 4) is 67.5 Å². The van der Waals surface area contributed by atoms with E-state index in [9.17, 15) is 0 Å². The highest BCUT2D eigenvalue weighted by atomic mass is 15.0. The van der Waals surface area contributed by atoms with Crippen LogP contribution in [0.3, 0.4) is 0 Å². The van der Waals surface area contributed by atoms with E-state index in [2.05, 4.69) is 313 Å². The highest BCUT2D eigenvalue weighted by Gasteiger charge is 2.20. The highest BCUT2D eigenvalue weighted by molar-refractivity contribution is 5.67. The van der Waals surface area contributed by atoms with Gasteiger partial charge in [-0.05, 0) is 194 Å². The largest absolute Gasteiger partial charge is 0.212 e. The predicted molar refractivity (Wildman–Crippen MR) is 404 cm³/mol. The van der Waals surface area contributed by atoms with E-state index in [1.165, 1.54) is 123 Å². The summed E-state index contributed by atoms with van der Waals surface area (Å²) in [6.45, 7) is 29.8. The highest BCUT2D eigenvalue weighted by Crippen LogP contribution is 2.28. The summed E-state index contributed by atoms with van der Waals surface area (Å²) in [6, 6.07) is 74.9. The van der Waals surface area contributed by atoms with Gasteiger partial charge in [-0.25, -0.2) is 0 Å². The maximum atomic E-state index is 7.58. The molecule has 12 rings (SSSR count). The number of nitrogens with zero attached hydrogens (tertiary/aromatic N) is 6. The Bertz CT molecular complexity index is 4820. The Morgan fingerprint density at radius 3 is 0.896 bits per heavy atom. The van der Waals surface area contributed by atoms with Crippen LogP contribution < -0.4 is 27.4 Å². The average Bonchev–Trinajstić information content (AvgIpc) is 0.796. The van der Waals surface area contributed by atoms with Crippen LogP contribution in [0, 0.1) is 124 Å². The van der Waals surface area contributed by atoms with Crippen LogP contribution in [0.25, 0.3) is 67.5 Å². The molecule has 0 N–H and O–H groups in total. The van der Waals surface area contributed by atoms with Gasteiger partial charge in [-0.2, -0.15) is 27.4 Å². The van der Waals surface area contributed by atoms with Crippen LogP contribution in [0.15, 0.2) is 218 Å². The Hall–Kier alpha value is -9.78. The van der Waals surface area contributed by atoms with Crippen LogP contribution >= 0.6 is 0 Å². The van der Waals surface area contributed by atoms with Crippen LogP contribution in [0.5, 0.6) is 0 Å². The zero-order valence-corrected chi connectivity index (χ0v) is 61.5. The van der Waals surface area contributed by atoms with Crippen LogP contribution in [0.2, 0.25) is 0 Å². The zero-order valence-electron chi connectivity index (χ0n) is 67.5. The van der Waals surface area contributed by atoms with Crippen molar-refractivity contribution in [3.63, 3.8) is 0 Å². The minimum absolute atomic E-state index is 0.353. The molecule has 0 aliphatic carbocycles. The summed E-state index contributed by atoms with van der Waals surface area (Å²) in [5.74, 6) is 0. The van der Waals surface area contributed by atoms with Crippen LogP contribution in [0.4, 0.5) is 0 Å². The fourth-order valence-corrected chi connectivity index (χ4v) is 12.0. The Morgan fingerprint density at radius 2 is 0.500 bits per heavy atom. The van der Waals surface area contributed by atoms with Gasteiger partial charge in [0, 0.05) is 150 Å². The minimum atomic E-state index is -2.09. The lowest BCUT2D eigenvalue weighted by atomic mass is 9.99. The summed E-state index contributed by atoms with van der Waals surface area (Å²) in [7, 11) is 12.3. The molecule has 0 saturated carbocycles. The standard InChI is InChI=1S/6C15H18N/c1-11-7-5-9-14(13(11)3)15-10-6-8-12(2)16(15)4;1-11-7-5-8-12(2)15(11)14-10-6-9-13(3)16(14)4;2*1-11-8-9-14(12(2)10-11)15-7-5-6-13(3)16(15)4;2*1-11-8-9-12(2)14(10-11)15-7-5-6-13(3)16(15)4/h6*5-10H,1-4H3/q6*+1/i2D3;;1D3;;;. The van der Waals surface area contributed by atoms with Gasteiger partial charge in [0.1, 0.15) is 42.3 Å². The molecule has 0 saturated heterocycles. The Morgan fingerprint density at radius 1 is 0.208 bits per heavy atom. The summed E-state index contributed by atoms with van der Waals surface area (Å²) < 4.78 is 57.9. The van der Waals surface area contributed by atoms with E-state index in [0.717, 1.165) is 33.8 Å². The Labute approximate surface area is 586 Å². The van der Waals surface area contributed by atoms with Crippen molar-refractivity contribution in [3.05, 3.63) is 319 Å². The molecule has 6 heterocycles. The fourth-order valence-electron chi connectivity index (χ4n) is 12.0. The summed E-state index contributed by atoms with van der Waals surface area (Å²) >= 11 is 0. The molecule has 6 heteroatoms. The first-order valence-electron chi connectivity index (χ1n) is 36.3. The molecule has 492 valence electrons. The molecule has 0 aliphatic rings. The van der Waals surface area contributed by atoms with Gasteiger partial charge in [0.25, 0.3) is 0 Å². The maximum Gasteiger partial charge on any atom is 0.212 e. The van der Waals surface area contributed by atoms with Gasteiger partial charge in [0.15, 0.2) is 34.2 Å². The van der Waals surface area contributed by atoms with Gasteiger partial charge >= 0.3 is 0 Å². The molecule has 0 unspecified atom stereocenters. The lowest BCUT2D eigenvalue weighted by Crippen LogP contribution is -2.34. The molecule has 0 amide bonds. The molecule has 96 heavy (non-hydrogen) atoms. The van der Waals surface area contributed by atoms with E-state index in [-0.39, 0.29) is 0 Å². The summed E-state index contributed by atoms with van der Waals surface area (Å²) in [6.07, 6.45) is 0. The van der Waals surface area contributed by atoms with Crippen molar-refractivity contribution in [2.45, 2.75) is 124 Å². The van der Waals surface area contributed by atoms with Crippen LogP contribution in [-0.2, 0) is 42.3 Å². The molecule has 0 atom stereocenters. The smallest absolute Gasteiger partial charge is 0.199 e. The third kappa shape index (κ3) is 18.4. The minimum Gasteiger partial charge on any atom is -0.199 e. The molecular weight excluding hydrogens is 1170 g/mol. The molecule has 6 nitrogen and oxygen atoms in total. The second-order valence-corrected chi connectivity index (χ2v) is 25.9. The predicted octanol–water partition coefficient (Wildman–Crippen LogP) is 18.6. The second-order valence-electron chi connectivity index (χ2n) is 25.9. The van der Waals surface area contributed by atoms with E-state index in [1.54, 1.807) is 35.9 Å². The number of aromatic nitrogens is 6. The number of aryl methyl sites for hydroxylation is 17. The summed E-state index contributed by atoms with van der Waals surface area (Å²) in [4.78, 5) is 0. The van der Waals surface area contributed by atoms with Crippen molar-refractivity contribution >= 4 is 0 Å². The number of hydrogen-bond donors (Lipinski definition) is 0. The van der Waals surface area contributed by atoms with E-state index in [1.807, 2.05) is 50.4 Å². The van der Waals surface area contributed by atoms with Gasteiger partial charge in [0.05, 0.1) is 5.56 Å². The Balaban J connectivity index is 0.000000172. The van der Waals surface area contributed by atoms with Crippen molar-refractivity contribution in [2.24, 2.45) is 42.3 Å². The first-order chi connectivity index (χ1) is 48.0. The number of pyridine rings is 6. The van der Waals surface area contributed by atoms with Gasteiger partial charge in [-0.3, -0.25) is 0 Å². The number of rotatable bonds is 6. The molecular formula is C90H108N6+6. The van der Waals surface area contributed by atoms with E-state index < -0.39 is 13.7 Å².